The van der Waals surface area contributed by atoms with Crippen molar-refractivity contribution in [2.45, 2.75) is 32.6 Å². The van der Waals surface area contributed by atoms with Crippen molar-refractivity contribution in [1.82, 2.24) is 9.80 Å². The van der Waals surface area contributed by atoms with E-state index in [-0.39, 0.29) is 11.3 Å². The zero-order valence-corrected chi connectivity index (χ0v) is 16.8. The average molecular weight is 373 g/mol. The molecule has 1 fully saturated rings. The summed E-state index contributed by atoms with van der Waals surface area (Å²) in [5.41, 5.74) is 2.14. The van der Waals surface area contributed by atoms with Crippen molar-refractivity contribution in [2.24, 2.45) is 0 Å². The Morgan fingerprint density at radius 3 is 2.48 bits per heavy atom. The van der Waals surface area contributed by atoms with Gasteiger partial charge in [-0.3, -0.25) is 14.6 Å². The molecular formula is C21H32N4O2. The first-order chi connectivity index (χ1) is 12.9. The maximum absolute atomic E-state index is 12.4. The normalized spacial score (nSPS) is 15.5. The SMILES string of the molecule is CC(C)(C)c1ccc(NC(=O)CN(CCC#N)CCN2CCOCC2)cc1. The zero-order chi connectivity index (χ0) is 19.7. The van der Waals surface area contributed by atoms with Crippen molar-refractivity contribution in [1.29, 1.82) is 5.26 Å². The van der Waals surface area contributed by atoms with Gasteiger partial charge < -0.3 is 10.1 Å². The Hall–Kier alpha value is -1.94. The van der Waals surface area contributed by atoms with Crippen molar-refractivity contribution >= 4 is 11.6 Å². The molecule has 1 N–H and O–H groups in total. The number of nitrogens with one attached hydrogen (secondary N) is 1. The predicted octanol–water partition coefficient (Wildman–Crippen LogP) is 2.47. The molecule has 1 aliphatic heterocycles. The van der Waals surface area contributed by atoms with Gasteiger partial charge in [0, 0.05) is 44.8 Å². The molecule has 0 aromatic heterocycles. The highest BCUT2D eigenvalue weighted by Gasteiger charge is 2.16. The minimum Gasteiger partial charge on any atom is -0.379 e. The number of amides is 1. The molecule has 1 aromatic rings. The van der Waals surface area contributed by atoms with Crippen molar-refractivity contribution < 1.29 is 9.53 Å². The molecule has 0 radical (unpaired) electrons. The first-order valence-corrected chi connectivity index (χ1v) is 9.68. The van der Waals surface area contributed by atoms with Gasteiger partial charge in [-0.15, -0.1) is 0 Å². The number of anilines is 1. The summed E-state index contributed by atoms with van der Waals surface area (Å²) in [6.07, 6.45) is 0.427. The van der Waals surface area contributed by atoms with Gasteiger partial charge in [0.15, 0.2) is 0 Å². The fourth-order valence-corrected chi connectivity index (χ4v) is 3.04. The molecule has 0 saturated carbocycles. The summed E-state index contributed by atoms with van der Waals surface area (Å²) in [5, 5.41) is 11.9. The average Bonchev–Trinajstić information content (AvgIpc) is 2.64. The van der Waals surface area contributed by atoms with Gasteiger partial charge in [-0.05, 0) is 23.1 Å². The van der Waals surface area contributed by atoms with Gasteiger partial charge >= 0.3 is 0 Å². The van der Waals surface area contributed by atoms with Crippen LogP contribution in [0.15, 0.2) is 24.3 Å². The molecule has 6 nitrogen and oxygen atoms in total. The van der Waals surface area contributed by atoms with Gasteiger partial charge in [-0.25, -0.2) is 0 Å². The highest BCUT2D eigenvalue weighted by atomic mass is 16.5. The maximum Gasteiger partial charge on any atom is 0.238 e. The van der Waals surface area contributed by atoms with Crippen molar-refractivity contribution in [3.63, 3.8) is 0 Å². The third-order valence-electron chi connectivity index (χ3n) is 4.78. The van der Waals surface area contributed by atoms with Crippen LogP contribution in [0.25, 0.3) is 0 Å². The van der Waals surface area contributed by atoms with Crippen LogP contribution in [-0.2, 0) is 14.9 Å². The number of carbonyl (C=O) groups excluding carboxylic acids is 1. The van der Waals surface area contributed by atoms with E-state index < -0.39 is 0 Å². The molecule has 6 heteroatoms. The van der Waals surface area contributed by atoms with Gasteiger partial charge in [0.05, 0.1) is 25.8 Å². The van der Waals surface area contributed by atoms with E-state index in [0.29, 0.717) is 19.5 Å². The molecule has 1 heterocycles. The summed E-state index contributed by atoms with van der Waals surface area (Å²) in [6.45, 7) is 12.5. The monoisotopic (exact) mass is 372 g/mol. The topological polar surface area (TPSA) is 68.6 Å². The van der Waals surface area contributed by atoms with Gasteiger partial charge in [-0.2, -0.15) is 5.26 Å². The molecule has 1 aliphatic rings. The molecule has 0 aliphatic carbocycles. The predicted molar refractivity (Wildman–Crippen MR) is 108 cm³/mol. The lowest BCUT2D eigenvalue weighted by Crippen LogP contribution is -2.43. The number of rotatable bonds is 8. The highest BCUT2D eigenvalue weighted by Crippen LogP contribution is 2.23. The van der Waals surface area contributed by atoms with E-state index in [1.54, 1.807) is 0 Å². The minimum atomic E-state index is -0.0431. The number of nitrogens with zero attached hydrogens (tertiary/aromatic N) is 3. The Balaban J connectivity index is 1.85. The molecule has 1 aromatic carbocycles. The first kappa shape index (κ1) is 21.4. The Bertz CT molecular complexity index is 625. The van der Waals surface area contributed by atoms with Gasteiger partial charge in [0.1, 0.15) is 0 Å². The second-order valence-electron chi connectivity index (χ2n) is 8.01. The number of benzene rings is 1. The number of nitriles is 1. The third-order valence-corrected chi connectivity index (χ3v) is 4.78. The quantitative estimate of drug-likeness (QED) is 0.759. The fraction of sp³-hybridized carbons (Fsp3) is 0.619. The van der Waals surface area contributed by atoms with Crippen LogP contribution in [-0.4, -0.2) is 68.2 Å². The summed E-state index contributed by atoms with van der Waals surface area (Å²) in [5.74, 6) is -0.0431. The van der Waals surface area contributed by atoms with Crippen LogP contribution in [0.2, 0.25) is 0 Å². The van der Waals surface area contributed by atoms with Crippen LogP contribution in [0.1, 0.15) is 32.8 Å². The molecule has 1 amide bonds. The standard InChI is InChI=1S/C21H32N4O2/c1-21(2,3)18-5-7-19(8-6-18)23-20(26)17-25(10-4-9-22)12-11-24-13-15-27-16-14-24/h5-8H,4,10-17H2,1-3H3,(H,23,26). The lowest BCUT2D eigenvalue weighted by molar-refractivity contribution is -0.117. The lowest BCUT2D eigenvalue weighted by atomic mass is 9.87. The largest absolute Gasteiger partial charge is 0.379 e. The second-order valence-corrected chi connectivity index (χ2v) is 8.01. The number of carbonyl (C=O) groups is 1. The van der Waals surface area contributed by atoms with Crippen LogP contribution in [0.3, 0.4) is 0 Å². The van der Waals surface area contributed by atoms with Gasteiger partial charge in [0.25, 0.3) is 0 Å². The van der Waals surface area contributed by atoms with E-state index in [1.807, 2.05) is 12.1 Å². The van der Waals surface area contributed by atoms with Crippen LogP contribution >= 0.6 is 0 Å². The zero-order valence-electron chi connectivity index (χ0n) is 16.8. The lowest BCUT2D eigenvalue weighted by Gasteiger charge is -2.29. The van der Waals surface area contributed by atoms with E-state index in [1.165, 1.54) is 5.56 Å². The van der Waals surface area contributed by atoms with E-state index in [2.05, 4.69) is 54.1 Å². The van der Waals surface area contributed by atoms with Crippen molar-refractivity contribution in [3.8, 4) is 6.07 Å². The van der Waals surface area contributed by atoms with Crippen molar-refractivity contribution in [3.05, 3.63) is 29.8 Å². The summed E-state index contributed by atoms with van der Waals surface area (Å²) in [7, 11) is 0. The Kier molecular flexibility index (Phi) is 8.23. The van der Waals surface area contributed by atoms with Crippen LogP contribution in [0, 0.1) is 11.3 Å². The van der Waals surface area contributed by atoms with E-state index in [0.717, 1.165) is 45.1 Å². The first-order valence-electron chi connectivity index (χ1n) is 9.68. The highest BCUT2D eigenvalue weighted by molar-refractivity contribution is 5.92. The molecular weight excluding hydrogens is 340 g/mol. The van der Waals surface area contributed by atoms with Gasteiger partial charge in [0.2, 0.25) is 5.91 Å². The summed E-state index contributed by atoms with van der Waals surface area (Å²) >= 11 is 0. The van der Waals surface area contributed by atoms with E-state index in [4.69, 9.17) is 10.00 Å². The number of hydrogen-bond acceptors (Lipinski definition) is 5. The number of hydrogen-bond donors (Lipinski definition) is 1. The van der Waals surface area contributed by atoms with Crippen LogP contribution in [0.5, 0.6) is 0 Å². The smallest absolute Gasteiger partial charge is 0.238 e. The molecule has 27 heavy (non-hydrogen) atoms. The molecule has 148 valence electrons. The number of ether oxygens (including phenoxy) is 1. The summed E-state index contributed by atoms with van der Waals surface area (Å²) < 4.78 is 5.37. The summed E-state index contributed by atoms with van der Waals surface area (Å²) in [6, 6.07) is 10.2. The minimum absolute atomic E-state index is 0.0431. The van der Waals surface area contributed by atoms with E-state index in [9.17, 15) is 4.79 Å². The molecule has 0 spiro atoms. The number of morpholine rings is 1. The summed E-state index contributed by atoms with van der Waals surface area (Å²) in [4.78, 5) is 16.8. The second kappa shape index (κ2) is 10.4. The molecule has 1 saturated heterocycles. The Morgan fingerprint density at radius 1 is 1.22 bits per heavy atom. The van der Waals surface area contributed by atoms with E-state index >= 15 is 0 Å². The van der Waals surface area contributed by atoms with Crippen LogP contribution in [0.4, 0.5) is 5.69 Å². The van der Waals surface area contributed by atoms with Gasteiger partial charge in [-0.1, -0.05) is 32.9 Å². The Morgan fingerprint density at radius 2 is 1.89 bits per heavy atom. The van der Waals surface area contributed by atoms with Crippen molar-refractivity contribution in [2.75, 3.05) is 57.8 Å². The molecule has 0 unspecified atom stereocenters. The third kappa shape index (κ3) is 7.67. The molecule has 2 rings (SSSR count). The Labute approximate surface area is 163 Å². The fourth-order valence-electron chi connectivity index (χ4n) is 3.04. The van der Waals surface area contributed by atoms with Crippen LogP contribution < -0.4 is 5.32 Å². The maximum atomic E-state index is 12.4. The molecule has 0 bridgehead atoms. The molecule has 0 atom stereocenters.